The zero-order valence-electron chi connectivity index (χ0n) is 7.05. The molecule has 2 fully saturated rings. The minimum Gasteiger partial charge on any atom is -0.241 e. The van der Waals surface area contributed by atoms with Crippen LogP contribution in [-0.2, 0) is 0 Å². The van der Waals surface area contributed by atoms with Crippen LogP contribution in [-0.4, -0.2) is 39.4 Å². The first kappa shape index (κ1) is 9.44. The summed E-state index contributed by atoms with van der Waals surface area (Å²) < 4.78 is 0. The number of hydrogen-bond donors (Lipinski definition) is 0. The zero-order valence-corrected chi connectivity index (χ0v) is 10.2. The SMILES string of the molecule is BrC1CC(Br)N(N2CCCC2)C1. The fourth-order valence-corrected chi connectivity index (χ4v) is 4.00. The lowest BCUT2D eigenvalue weighted by Gasteiger charge is -2.29. The van der Waals surface area contributed by atoms with Crippen LogP contribution in [0.25, 0.3) is 0 Å². The summed E-state index contributed by atoms with van der Waals surface area (Å²) in [6.07, 6.45) is 3.95. The van der Waals surface area contributed by atoms with Crippen LogP contribution >= 0.6 is 31.9 Å². The molecule has 0 spiro atoms. The van der Waals surface area contributed by atoms with Gasteiger partial charge < -0.3 is 0 Å². The smallest absolute Gasteiger partial charge is 0.0807 e. The zero-order chi connectivity index (χ0) is 8.55. The van der Waals surface area contributed by atoms with Crippen molar-refractivity contribution in [3.63, 3.8) is 0 Å². The Kier molecular flexibility index (Phi) is 3.10. The third-order valence-electron chi connectivity index (χ3n) is 2.60. The van der Waals surface area contributed by atoms with Gasteiger partial charge in [-0.2, -0.15) is 0 Å². The number of alkyl halides is 2. The molecular formula is C8H14Br2N2. The second-order valence-corrected chi connectivity index (χ2v) is 5.90. The first-order valence-electron chi connectivity index (χ1n) is 4.57. The van der Waals surface area contributed by atoms with E-state index in [2.05, 4.69) is 41.9 Å². The van der Waals surface area contributed by atoms with Crippen molar-refractivity contribution < 1.29 is 0 Å². The monoisotopic (exact) mass is 296 g/mol. The molecule has 4 heteroatoms. The average molecular weight is 298 g/mol. The van der Waals surface area contributed by atoms with Gasteiger partial charge in [0.15, 0.2) is 0 Å². The second kappa shape index (κ2) is 3.95. The third-order valence-corrected chi connectivity index (χ3v) is 4.11. The van der Waals surface area contributed by atoms with Crippen molar-refractivity contribution in [2.75, 3.05) is 19.6 Å². The summed E-state index contributed by atoms with van der Waals surface area (Å²) in [6, 6.07) is 0. The molecule has 2 aliphatic heterocycles. The topological polar surface area (TPSA) is 6.48 Å². The van der Waals surface area contributed by atoms with Crippen molar-refractivity contribution in [1.82, 2.24) is 10.0 Å². The summed E-state index contributed by atoms with van der Waals surface area (Å²) >= 11 is 7.38. The van der Waals surface area contributed by atoms with Crippen molar-refractivity contribution in [3.05, 3.63) is 0 Å². The molecule has 2 rings (SSSR count). The van der Waals surface area contributed by atoms with E-state index in [0.717, 1.165) is 6.54 Å². The lowest BCUT2D eigenvalue weighted by Crippen LogP contribution is -2.41. The number of rotatable bonds is 1. The maximum absolute atomic E-state index is 3.71. The molecule has 0 saturated carbocycles. The van der Waals surface area contributed by atoms with Gasteiger partial charge in [0.05, 0.1) is 4.95 Å². The Morgan fingerprint density at radius 2 is 1.75 bits per heavy atom. The lowest BCUT2D eigenvalue weighted by molar-refractivity contribution is 0.0138. The molecule has 0 amide bonds. The second-order valence-electron chi connectivity index (χ2n) is 3.55. The van der Waals surface area contributed by atoms with E-state index in [1.165, 1.54) is 32.4 Å². The van der Waals surface area contributed by atoms with Gasteiger partial charge in [-0.25, -0.2) is 10.0 Å². The maximum Gasteiger partial charge on any atom is 0.0807 e. The van der Waals surface area contributed by atoms with Crippen LogP contribution in [0.15, 0.2) is 0 Å². The molecule has 2 unspecified atom stereocenters. The van der Waals surface area contributed by atoms with Gasteiger partial charge in [0, 0.05) is 24.5 Å². The van der Waals surface area contributed by atoms with Gasteiger partial charge in [0.1, 0.15) is 0 Å². The Morgan fingerprint density at radius 3 is 2.25 bits per heavy atom. The highest BCUT2D eigenvalue weighted by atomic mass is 79.9. The van der Waals surface area contributed by atoms with Gasteiger partial charge in [0.25, 0.3) is 0 Å². The fourth-order valence-electron chi connectivity index (χ4n) is 1.97. The van der Waals surface area contributed by atoms with Crippen molar-refractivity contribution in [1.29, 1.82) is 0 Å². The first-order valence-corrected chi connectivity index (χ1v) is 6.40. The number of hydrogen-bond acceptors (Lipinski definition) is 2. The first-order chi connectivity index (χ1) is 5.77. The Morgan fingerprint density at radius 1 is 1.08 bits per heavy atom. The predicted octanol–water partition coefficient (Wildman–Crippen LogP) is 2.19. The predicted molar refractivity (Wildman–Crippen MR) is 57.6 cm³/mol. The van der Waals surface area contributed by atoms with E-state index in [1.54, 1.807) is 0 Å². The standard InChI is InChI=1S/C8H14Br2N2/c9-7-5-8(10)12(6-7)11-3-1-2-4-11/h7-8H,1-6H2. The van der Waals surface area contributed by atoms with Crippen LogP contribution in [0.3, 0.4) is 0 Å². The van der Waals surface area contributed by atoms with E-state index in [0.29, 0.717) is 9.78 Å². The fraction of sp³-hybridized carbons (Fsp3) is 1.00. The lowest BCUT2D eigenvalue weighted by atomic mass is 10.4. The van der Waals surface area contributed by atoms with Gasteiger partial charge in [-0.1, -0.05) is 31.9 Å². The average Bonchev–Trinajstić information content (AvgIpc) is 2.58. The summed E-state index contributed by atoms with van der Waals surface area (Å²) in [4.78, 5) is 1.22. The number of hydrazine groups is 1. The van der Waals surface area contributed by atoms with E-state index < -0.39 is 0 Å². The highest BCUT2D eigenvalue weighted by Gasteiger charge is 2.33. The van der Waals surface area contributed by atoms with E-state index in [9.17, 15) is 0 Å². The van der Waals surface area contributed by atoms with Crippen LogP contribution in [0, 0.1) is 0 Å². The van der Waals surface area contributed by atoms with E-state index in [-0.39, 0.29) is 0 Å². The summed E-state index contributed by atoms with van der Waals surface area (Å²) in [7, 11) is 0. The van der Waals surface area contributed by atoms with Crippen LogP contribution in [0.5, 0.6) is 0 Å². The van der Waals surface area contributed by atoms with E-state index in [1.807, 2.05) is 0 Å². The highest BCUT2D eigenvalue weighted by molar-refractivity contribution is 9.10. The van der Waals surface area contributed by atoms with Crippen LogP contribution in [0.4, 0.5) is 0 Å². The van der Waals surface area contributed by atoms with E-state index >= 15 is 0 Å². The Bertz CT molecular complexity index is 159. The third kappa shape index (κ3) is 1.86. The van der Waals surface area contributed by atoms with Gasteiger partial charge in [-0.05, 0) is 19.3 Å². The van der Waals surface area contributed by atoms with Crippen molar-refractivity contribution in [2.45, 2.75) is 29.0 Å². The molecule has 0 aromatic heterocycles. The molecule has 0 aliphatic carbocycles. The molecule has 2 nitrogen and oxygen atoms in total. The summed E-state index contributed by atoms with van der Waals surface area (Å²) in [6.45, 7) is 3.67. The Balaban J connectivity index is 1.94. The highest BCUT2D eigenvalue weighted by Crippen LogP contribution is 2.30. The summed E-state index contributed by atoms with van der Waals surface area (Å²) in [5.41, 5.74) is 0. The van der Waals surface area contributed by atoms with Crippen molar-refractivity contribution in [3.8, 4) is 0 Å². The number of nitrogens with zero attached hydrogens (tertiary/aromatic N) is 2. The molecule has 0 radical (unpaired) electrons. The summed E-state index contributed by atoms with van der Waals surface area (Å²) in [5, 5.41) is 4.95. The van der Waals surface area contributed by atoms with Crippen LogP contribution in [0.2, 0.25) is 0 Å². The molecule has 2 heterocycles. The largest absolute Gasteiger partial charge is 0.241 e. The minimum absolute atomic E-state index is 0.556. The maximum atomic E-state index is 3.71. The molecule has 12 heavy (non-hydrogen) atoms. The Labute approximate surface area is 90.5 Å². The van der Waals surface area contributed by atoms with Crippen LogP contribution < -0.4 is 0 Å². The van der Waals surface area contributed by atoms with Gasteiger partial charge >= 0.3 is 0 Å². The molecule has 0 aromatic carbocycles. The van der Waals surface area contributed by atoms with Gasteiger partial charge in [-0.15, -0.1) is 0 Å². The minimum atomic E-state index is 0.556. The van der Waals surface area contributed by atoms with Crippen molar-refractivity contribution in [2.24, 2.45) is 0 Å². The molecule has 0 bridgehead atoms. The number of halogens is 2. The molecule has 2 saturated heterocycles. The summed E-state index contributed by atoms with van der Waals surface area (Å²) in [5.74, 6) is 0. The molecule has 0 aromatic rings. The Hall–Kier alpha value is 0.880. The van der Waals surface area contributed by atoms with Crippen molar-refractivity contribution >= 4 is 31.9 Å². The molecular weight excluding hydrogens is 284 g/mol. The van der Waals surface area contributed by atoms with Crippen LogP contribution in [0.1, 0.15) is 19.3 Å². The van der Waals surface area contributed by atoms with Gasteiger partial charge in [0.2, 0.25) is 0 Å². The normalized spacial score (nSPS) is 39.5. The molecule has 70 valence electrons. The van der Waals surface area contributed by atoms with E-state index in [4.69, 9.17) is 0 Å². The molecule has 2 aliphatic rings. The quantitative estimate of drug-likeness (QED) is 0.541. The molecule has 0 N–H and O–H groups in total. The van der Waals surface area contributed by atoms with Gasteiger partial charge in [-0.3, -0.25) is 0 Å². The molecule has 2 atom stereocenters.